The Balaban J connectivity index is 1.71. The molecule has 0 saturated carbocycles. The largest absolute Gasteiger partial charge is 0.316 e. The van der Waals surface area contributed by atoms with Crippen LogP contribution in [0.1, 0.15) is 24.0 Å². The second-order valence-corrected chi connectivity index (χ2v) is 5.33. The number of rotatable bonds is 6. The maximum absolute atomic E-state index is 5.87. The molecule has 0 aliphatic heterocycles. The highest BCUT2D eigenvalue weighted by molar-refractivity contribution is 6.30. The van der Waals surface area contributed by atoms with Crippen molar-refractivity contribution in [3.05, 3.63) is 70.7 Å². The molecule has 0 aliphatic carbocycles. The SMILES string of the molecule is C[C@@H](CNCCc1ccc(Cl)cc1)c1ccccc1. The summed E-state index contributed by atoms with van der Waals surface area (Å²) in [4.78, 5) is 0. The summed E-state index contributed by atoms with van der Waals surface area (Å²) in [7, 11) is 0. The van der Waals surface area contributed by atoms with E-state index in [1.807, 2.05) is 12.1 Å². The first kappa shape index (κ1) is 14.1. The lowest BCUT2D eigenvalue weighted by atomic mass is 10.0. The molecule has 2 aromatic carbocycles. The molecule has 0 heterocycles. The van der Waals surface area contributed by atoms with Crippen molar-refractivity contribution in [3.8, 4) is 0 Å². The van der Waals surface area contributed by atoms with Crippen LogP contribution in [0.5, 0.6) is 0 Å². The Labute approximate surface area is 120 Å². The van der Waals surface area contributed by atoms with Gasteiger partial charge in [-0.05, 0) is 42.1 Å². The molecule has 1 nitrogen and oxygen atoms in total. The van der Waals surface area contributed by atoms with E-state index in [2.05, 4.69) is 54.7 Å². The van der Waals surface area contributed by atoms with Crippen LogP contribution in [0.15, 0.2) is 54.6 Å². The van der Waals surface area contributed by atoms with E-state index in [1.54, 1.807) is 0 Å². The van der Waals surface area contributed by atoms with Gasteiger partial charge in [-0.2, -0.15) is 0 Å². The molecule has 0 fully saturated rings. The number of hydrogen-bond donors (Lipinski definition) is 1. The van der Waals surface area contributed by atoms with Crippen LogP contribution in [0.2, 0.25) is 5.02 Å². The average molecular weight is 274 g/mol. The summed E-state index contributed by atoms with van der Waals surface area (Å²) in [6.07, 6.45) is 1.04. The van der Waals surface area contributed by atoms with Gasteiger partial charge in [0.15, 0.2) is 0 Å². The van der Waals surface area contributed by atoms with Crippen molar-refractivity contribution in [1.29, 1.82) is 0 Å². The quantitative estimate of drug-likeness (QED) is 0.775. The molecule has 0 spiro atoms. The molecule has 0 amide bonds. The maximum atomic E-state index is 5.87. The first-order valence-corrected chi connectivity index (χ1v) is 7.13. The van der Waals surface area contributed by atoms with Gasteiger partial charge in [0.05, 0.1) is 0 Å². The molecule has 100 valence electrons. The minimum absolute atomic E-state index is 0.548. The molecule has 1 atom stereocenters. The molecule has 2 heteroatoms. The fourth-order valence-electron chi connectivity index (χ4n) is 2.10. The molecule has 1 N–H and O–H groups in total. The normalized spacial score (nSPS) is 12.3. The summed E-state index contributed by atoms with van der Waals surface area (Å²) in [5.41, 5.74) is 2.71. The average Bonchev–Trinajstić information content (AvgIpc) is 2.46. The van der Waals surface area contributed by atoms with Crippen LogP contribution in [-0.2, 0) is 6.42 Å². The zero-order valence-electron chi connectivity index (χ0n) is 11.3. The molecule has 0 aromatic heterocycles. The summed E-state index contributed by atoms with van der Waals surface area (Å²) in [5.74, 6) is 0.548. The Morgan fingerprint density at radius 3 is 2.37 bits per heavy atom. The van der Waals surface area contributed by atoms with Crippen molar-refractivity contribution in [1.82, 2.24) is 5.32 Å². The van der Waals surface area contributed by atoms with Crippen LogP contribution in [0, 0.1) is 0 Å². The fraction of sp³-hybridized carbons (Fsp3) is 0.294. The third-order valence-electron chi connectivity index (χ3n) is 3.32. The Hall–Kier alpha value is -1.31. The predicted molar refractivity (Wildman–Crippen MR) is 82.9 cm³/mol. The Morgan fingerprint density at radius 2 is 1.68 bits per heavy atom. The van der Waals surface area contributed by atoms with E-state index in [1.165, 1.54) is 11.1 Å². The van der Waals surface area contributed by atoms with Crippen molar-refractivity contribution in [3.63, 3.8) is 0 Å². The molecule has 0 radical (unpaired) electrons. The van der Waals surface area contributed by atoms with Gasteiger partial charge in [0.25, 0.3) is 0 Å². The molecular formula is C17H20ClN. The number of hydrogen-bond acceptors (Lipinski definition) is 1. The lowest BCUT2D eigenvalue weighted by Gasteiger charge is -2.13. The second-order valence-electron chi connectivity index (χ2n) is 4.89. The lowest BCUT2D eigenvalue weighted by molar-refractivity contribution is 0.615. The number of nitrogens with one attached hydrogen (secondary N) is 1. The van der Waals surface area contributed by atoms with E-state index in [-0.39, 0.29) is 0 Å². The van der Waals surface area contributed by atoms with Crippen LogP contribution in [-0.4, -0.2) is 13.1 Å². The Kier molecular flexibility index (Phi) is 5.44. The van der Waals surface area contributed by atoms with Gasteiger partial charge in [-0.25, -0.2) is 0 Å². The smallest absolute Gasteiger partial charge is 0.0406 e. The van der Waals surface area contributed by atoms with E-state index in [9.17, 15) is 0 Å². The van der Waals surface area contributed by atoms with Gasteiger partial charge >= 0.3 is 0 Å². The number of halogens is 1. The summed E-state index contributed by atoms with van der Waals surface area (Å²) < 4.78 is 0. The van der Waals surface area contributed by atoms with E-state index in [0.29, 0.717) is 5.92 Å². The molecule has 2 aromatic rings. The van der Waals surface area contributed by atoms with Gasteiger partial charge in [-0.15, -0.1) is 0 Å². The molecule has 0 saturated heterocycles. The fourth-order valence-corrected chi connectivity index (χ4v) is 2.23. The Bertz CT molecular complexity index is 478. The van der Waals surface area contributed by atoms with E-state index >= 15 is 0 Å². The molecule has 2 rings (SSSR count). The van der Waals surface area contributed by atoms with E-state index < -0.39 is 0 Å². The van der Waals surface area contributed by atoms with Gasteiger partial charge in [-0.1, -0.05) is 61.0 Å². The topological polar surface area (TPSA) is 12.0 Å². The van der Waals surface area contributed by atoms with Gasteiger partial charge < -0.3 is 5.32 Å². The Morgan fingerprint density at radius 1 is 1.00 bits per heavy atom. The van der Waals surface area contributed by atoms with Crippen LogP contribution in [0.3, 0.4) is 0 Å². The third-order valence-corrected chi connectivity index (χ3v) is 3.57. The van der Waals surface area contributed by atoms with Crippen molar-refractivity contribution < 1.29 is 0 Å². The predicted octanol–water partition coefficient (Wildman–Crippen LogP) is 4.28. The van der Waals surface area contributed by atoms with Crippen LogP contribution >= 0.6 is 11.6 Å². The highest BCUT2D eigenvalue weighted by Crippen LogP contribution is 2.13. The highest BCUT2D eigenvalue weighted by Gasteiger charge is 2.03. The minimum atomic E-state index is 0.548. The van der Waals surface area contributed by atoms with Gasteiger partial charge in [-0.3, -0.25) is 0 Å². The van der Waals surface area contributed by atoms with Crippen LogP contribution in [0.25, 0.3) is 0 Å². The molecule has 19 heavy (non-hydrogen) atoms. The molecule has 0 aliphatic rings. The zero-order valence-corrected chi connectivity index (χ0v) is 12.0. The summed E-state index contributed by atoms with van der Waals surface area (Å²) in [5, 5.41) is 4.31. The van der Waals surface area contributed by atoms with Gasteiger partial charge in [0.2, 0.25) is 0 Å². The van der Waals surface area contributed by atoms with E-state index in [0.717, 1.165) is 24.5 Å². The lowest BCUT2D eigenvalue weighted by Crippen LogP contribution is -2.22. The summed E-state index contributed by atoms with van der Waals surface area (Å²) in [6.45, 7) is 4.26. The summed E-state index contributed by atoms with van der Waals surface area (Å²) >= 11 is 5.87. The standard InChI is InChI=1S/C17H20ClN/c1-14(16-5-3-2-4-6-16)13-19-12-11-15-7-9-17(18)10-8-15/h2-10,14,19H,11-13H2,1H3/t14-/m0/s1. The molecule has 0 bridgehead atoms. The van der Waals surface area contributed by atoms with Crippen LogP contribution in [0.4, 0.5) is 0 Å². The highest BCUT2D eigenvalue weighted by atomic mass is 35.5. The zero-order chi connectivity index (χ0) is 13.5. The van der Waals surface area contributed by atoms with Gasteiger partial charge in [0, 0.05) is 11.6 Å². The van der Waals surface area contributed by atoms with Crippen molar-refractivity contribution in [2.75, 3.05) is 13.1 Å². The first-order chi connectivity index (χ1) is 9.25. The van der Waals surface area contributed by atoms with E-state index in [4.69, 9.17) is 11.6 Å². The monoisotopic (exact) mass is 273 g/mol. The van der Waals surface area contributed by atoms with Crippen molar-refractivity contribution in [2.24, 2.45) is 0 Å². The maximum Gasteiger partial charge on any atom is 0.0406 e. The summed E-state index contributed by atoms with van der Waals surface area (Å²) in [6, 6.07) is 18.7. The van der Waals surface area contributed by atoms with Crippen molar-refractivity contribution >= 4 is 11.6 Å². The first-order valence-electron chi connectivity index (χ1n) is 6.76. The third kappa shape index (κ3) is 4.70. The molecule has 0 unspecified atom stereocenters. The van der Waals surface area contributed by atoms with Gasteiger partial charge in [0.1, 0.15) is 0 Å². The second kappa shape index (κ2) is 7.32. The number of benzene rings is 2. The van der Waals surface area contributed by atoms with Crippen LogP contribution < -0.4 is 5.32 Å². The van der Waals surface area contributed by atoms with Crippen molar-refractivity contribution in [2.45, 2.75) is 19.3 Å². The minimum Gasteiger partial charge on any atom is -0.316 e. The molecular weight excluding hydrogens is 254 g/mol.